The van der Waals surface area contributed by atoms with Crippen molar-refractivity contribution in [1.29, 1.82) is 0 Å². The highest BCUT2D eigenvalue weighted by molar-refractivity contribution is 5.86. The lowest BCUT2D eigenvalue weighted by Gasteiger charge is -2.05. The molecule has 0 aliphatic heterocycles. The van der Waals surface area contributed by atoms with E-state index in [1.807, 2.05) is 85.9 Å². The summed E-state index contributed by atoms with van der Waals surface area (Å²) in [6.07, 6.45) is 3.43. The van der Waals surface area contributed by atoms with Gasteiger partial charge in [0.1, 0.15) is 11.4 Å². The molecule has 4 rings (SSSR count). The molecule has 0 N–H and O–H groups in total. The van der Waals surface area contributed by atoms with Crippen molar-refractivity contribution in [3.8, 4) is 22.7 Å². The molecule has 0 unspecified atom stereocenters. The number of rotatable bonds is 6. The molecule has 5 heteroatoms. The third-order valence-electron chi connectivity index (χ3n) is 4.47. The Bertz CT molecular complexity index is 1100. The fraction of sp³-hybridized carbons (Fsp3) is 0.0833. The third-order valence-corrected chi connectivity index (χ3v) is 4.47. The lowest BCUT2D eigenvalue weighted by Crippen LogP contribution is -1.99. The maximum atomic E-state index is 12.7. The zero-order chi connectivity index (χ0) is 20.1. The first-order valence-electron chi connectivity index (χ1n) is 9.49. The molecule has 3 aromatic carbocycles. The molecule has 0 atom stereocenters. The van der Waals surface area contributed by atoms with Gasteiger partial charge in [-0.1, -0.05) is 36.4 Å². The molecule has 5 nitrogen and oxygen atoms in total. The molecular formula is C24H21N3O2. The summed E-state index contributed by atoms with van der Waals surface area (Å²) in [6, 6.07) is 26.7. The van der Waals surface area contributed by atoms with E-state index in [2.05, 4.69) is 0 Å². The highest BCUT2D eigenvalue weighted by Gasteiger charge is 2.14. The van der Waals surface area contributed by atoms with Crippen LogP contribution in [0.15, 0.2) is 91.1 Å². The van der Waals surface area contributed by atoms with Gasteiger partial charge in [-0.2, -0.15) is 9.84 Å². The van der Waals surface area contributed by atoms with Crippen LogP contribution in [0.1, 0.15) is 12.5 Å². The van der Waals surface area contributed by atoms with Crippen LogP contribution in [0.2, 0.25) is 0 Å². The van der Waals surface area contributed by atoms with Gasteiger partial charge in [0.05, 0.1) is 17.9 Å². The van der Waals surface area contributed by atoms with E-state index in [9.17, 15) is 5.21 Å². The fourth-order valence-electron chi connectivity index (χ4n) is 3.07. The quantitative estimate of drug-likeness (QED) is 0.199. The van der Waals surface area contributed by atoms with Crippen molar-refractivity contribution in [3.05, 3.63) is 102 Å². The summed E-state index contributed by atoms with van der Waals surface area (Å²) in [7, 11) is 0. The zero-order valence-electron chi connectivity index (χ0n) is 16.1. The van der Waals surface area contributed by atoms with Crippen LogP contribution in [0.4, 0.5) is 5.69 Å². The average molecular weight is 383 g/mol. The Morgan fingerprint density at radius 3 is 2.24 bits per heavy atom. The van der Waals surface area contributed by atoms with E-state index < -0.39 is 0 Å². The highest BCUT2D eigenvalue weighted by atomic mass is 16.5. The van der Waals surface area contributed by atoms with Gasteiger partial charge in [0.2, 0.25) is 5.69 Å². The van der Waals surface area contributed by atoms with Crippen molar-refractivity contribution >= 4 is 11.9 Å². The van der Waals surface area contributed by atoms with Crippen molar-refractivity contribution in [2.24, 2.45) is 0 Å². The van der Waals surface area contributed by atoms with Crippen LogP contribution < -0.4 is 4.74 Å². The smallest absolute Gasteiger partial charge is 0.216 e. The molecule has 0 bridgehead atoms. The minimum absolute atomic E-state index is 0.567. The second-order valence-corrected chi connectivity index (χ2v) is 6.46. The lowest BCUT2D eigenvalue weighted by atomic mass is 10.1. The van der Waals surface area contributed by atoms with E-state index in [0.717, 1.165) is 33.0 Å². The number of benzene rings is 3. The summed E-state index contributed by atoms with van der Waals surface area (Å²) in [5.41, 5.74) is 3.87. The molecule has 0 spiro atoms. The Kier molecular flexibility index (Phi) is 5.38. The summed E-state index contributed by atoms with van der Waals surface area (Å²) in [4.78, 5) is 0. The number of nitrogens with zero attached hydrogens (tertiary/aromatic N) is 3. The molecule has 0 aliphatic rings. The fourth-order valence-corrected chi connectivity index (χ4v) is 3.07. The molecule has 0 radical (unpaired) electrons. The summed E-state index contributed by atoms with van der Waals surface area (Å²) >= 11 is 0. The van der Waals surface area contributed by atoms with Crippen molar-refractivity contribution in [2.75, 3.05) is 6.61 Å². The molecule has 1 aromatic heterocycles. The lowest BCUT2D eigenvalue weighted by molar-refractivity contribution is -0.354. The van der Waals surface area contributed by atoms with Crippen molar-refractivity contribution in [2.45, 2.75) is 6.92 Å². The first kappa shape index (κ1) is 18.5. The van der Waals surface area contributed by atoms with Crippen LogP contribution in [0.5, 0.6) is 5.75 Å². The van der Waals surface area contributed by atoms with Gasteiger partial charge in [0.15, 0.2) is 6.21 Å². The molecule has 0 fully saturated rings. The predicted molar refractivity (Wildman–Crippen MR) is 115 cm³/mol. The minimum Gasteiger partial charge on any atom is -0.618 e. The van der Waals surface area contributed by atoms with Crippen LogP contribution in [-0.2, 0) is 0 Å². The number of aromatic nitrogens is 2. The summed E-state index contributed by atoms with van der Waals surface area (Å²) in [5.74, 6) is 0.805. The normalized spacial score (nSPS) is 11.4. The highest BCUT2D eigenvalue weighted by Crippen LogP contribution is 2.25. The maximum absolute atomic E-state index is 12.7. The Morgan fingerprint density at radius 1 is 0.931 bits per heavy atom. The molecule has 4 aromatic rings. The number of hydrogen-bond acceptors (Lipinski definition) is 3. The molecule has 144 valence electrons. The molecular weight excluding hydrogens is 362 g/mol. The summed E-state index contributed by atoms with van der Waals surface area (Å²) in [5, 5.41) is 17.4. The minimum atomic E-state index is 0.567. The van der Waals surface area contributed by atoms with E-state index in [1.165, 1.54) is 0 Å². The SMILES string of the molecule is CCOc1ccc(-c2nn(-c3ccccc3)cc2/C=[N+](\[O-])c2ccccc2)cc1. The Morgan fingerprint density at radius 2 is 1.59 bits per heavy atom. The van der Waals surface area contributed by atoms with Gasteiger partial charge < -0.3 is 9.94 Å². The van der Waals surface area contributed by atoms with E-state index in [-0.39, 0.29) is 0 Å². The predicted octanol–water partition coefficient (Wildman–Crippen LogP) is 5.20. The van der Waals surface area contributed by atoms with Crippen LogP contribution in [0.3, 0.4) is 0 Å². The number of hydrogen-bond donors (Lipinski definition) is 0. The Balaban J connectivity index is 1.79. The standard InChI is InChI=1S/C24H21N3O2/c1-2-29-23-15-13-19(14-16-23)24-20(18-27(28)22-11-7-4-8-12-22)17-26(25-24)21-9-5-3-6-10-21/h3-18H,2H2,1H3/b27-18-. The molecule has 1 heterocycles. The first-order chi connectivity index (χ1) is 14.2. The largest absolute Gasteiger partial charge is 0.618 e. The van der Waals surface area contributed by atoms with Gasteiger partial charge >= 0.3 is 0 Å². The van der Waals surface area contributed by atoms with E-state index in [4.69, 9.17) is 9.84 Å². The van der Waals surface area contributed by atoms with Crippen LogP contribution in [-0.4, -0.2) is 27.3 Å². The third kappa shape index (κ3) is 4.19. The van der Waals surface area contributed by atoms with E-state index in [1.54, 1.807) is 23.0 Å². The van der Waals surface area contributed by atoms with Gasteiger partial charge in [0, 0.05) is 23.9 Å². The second kappa shape index (κ2) is 8.44. The van der Waals surface area contributed by atoms with Gasteiger partial charge in [0.25, 0.3) is 0 Å². The van der Waals surface area contributed by atoms with Crippen molar-refractivity contribution < 1.29 is 9.48 Å². The maximum Gasteiger partial charge on any atom is 0.216 e. The van der Waals surface area contributed by atoms with Gasteiger partial charge in [-0.05, 0) is 43.3 Å². The molecule has 29 heavy (non-hydrogen) atoms. The molecule has 0 saturated heterocycles. The monoisotopic (exact) mass is 383 g/mol. The van der Waals surface area contributed by atoms with Crippen LogP contribution in [0.25, 0.3) is 16.9 Å². The average Bonchev–Trinajstić information content (AvgIpc) is 3.19. The van der Waals surface area contributed by atoms with E-state index in [0.29, 0.717) is 12.3 Å². The van der Waals surface area contributed by atoms with E-state index >= 15 is 0 Å². The van der Waals surface area contributed by atoms with Crippen molar-refractivity contribution in [3.63, 3.8) is 0 Å². The van der Waals surface area contributed by atoms with Gasteiger partial charge in [-0.15, -0.1) is 0 Å². The van der Waals surface area contributed by atoms with Gasteiger partial charge in [-0.3, -0.25) is 0 Å². The van der Waals surface area contributed by atoms with Gasteiger partial charge in [-0.25, -0.2) is 4.68 Å². The topological polar surface area (TPSA) is 53.1 Å². The zero-order valence-corrected chi connectivity index (χ0v) is 16.1. The van der Waals surface area contributed by atoms with Crippen LogP contribution in [0, 0.1) is 5.21 Å². The Hall–Kier alpha value is -3.86. The molecule has 0 aliphatic carbocycles. The molecule has 0 amide bonds. The second-order valence-electron chi connectivity index (χ2n) is 6.46. The number of para-hydroxylation sites is 2. The Labute approximate surface area is 169 Å². The van der Waals surface area contributed by atoms with Crippen molar-refractivity contribution in [1.82, 2.24) is 9.78 Å². The summed E-state index contributed by atoms with van der Waals surface area (Å²) < 4.78 is 8.19. The van der Waals surface area contributed by atoms with Crippen LogP contribution >= 0.6 is 0 Å². The molecule has 0 saturated carbocycles. The first-order valence-corrected chi connectivity index (χ1v) is 9.49. The summed E-state index contributed by atoms with van der Waals surface area (Å²) in [6.45, 7) is 2.57. The number of ether oxygens (including phenoxy) is 1.